The Labute approximate surface area is 127 Å². The highest BCUT2D eigenvalue weighted by Crippen LogP contribution is 2.23. The Morgan fingerprint density at radius 1 is 1.25 bits per heavy atom. The SMILES string of the molecule is CC(C)(C)c1ccc(C(=O)N2CCC[C@@H](N)C2)cc1.Cl. The summed E-state index contributed by atoms with van der Waals surface area (Å²) >= 11 is 0. The molecule has 1 aliphatic rings. The smallest absolute Gasteiger partial charge is 0.253 e. The molecule has 1 amide bonds. The third-order valence-electron chi connectivity index (χ3n) is 3.74. The van der Waals surface area contributed by atoms with E-state index in [0.717, 1.165) is 24.9 Å². The van der Waals surface area contributed by atoms with E-state index in [2.05, 4.69) is 32.9 Å². The normalized spacial score (nSPS) is 19.4. The van der Waals surface area contributed by atoms with Gasteiger partial charge in [0.25, 0.3) is 5.91 Å². The molecule has 1 aliphatic heterocycles. The van der Waals surface area contributed by atoms with Crippen LogP contribution in [0, 0.1) is 0 Å². The van der Waals surface area contributed by atoms with Crippen molar-refractivity contribution in [3.8, 4) is 0 Å². The van der Waals surface area contributed by atoms with Crippen LogP contribution in [0.1, 0.15) is 49.5 Å². The summed E-state index contributed by atoms with van der Waals surface area (Å²) in [5.74, 6) is 0.107. The summed E-state index contributed by atoms with van der Waals surface area (Å²) in [4.78, 5) is 14.3. The van der Waals surface area contributed by atoms with Crippen molar-refractivity contribution in [2.45, 2.75) is 45.1 Å². The van der Waals surface area contributed by atoms with E-state index in [0.29, 0.717) is 6.54 Å². The van der Waals surface area contributed by atoms with Crippen molar-refractivity contribution < 1.29 is 4.79 Å². The van der Waals surface area contributed by atoms with E-state index in [1.54, 1.807) is 0 Å². The highest BCUT2D eigenvalue weighted by atomic mass is 35.5. The van der Waals surface area contributed by atoms with Gasteiger partial charge in [0.1, 0.15) is 0 Å². The highest BCUT2D eigenvalue weighted by molar-refractivity contribution is 5.94. The van der Waals surface area contributed by atoms with E-state index in [9.17, 15) is 4.79 Å². The van der Waals surface area contributed by atoms with Gasteiger partial charge in [-0.15, -0.1) is 12.4 Å². The second-order valence-corrected chi connectivity index (χ2v) is 6.48. The maximum atomic E-state index is 12.4. The van der Waals surface area contributed by atoms with Gasteiger partial charge in [-0.25, -0.2) is 0 Å². The minimum atomic E-state index is 0. The lowest BCUT2D eigenvalue weighted by atomic mass is 9.86. The fraction of sp³-hybridized carbons (Fsp3) is 0.562. The fourth-order valence-electron chi connectivity index (χ4n) is 2.49. The van der Waals surface area contributed by atoms with Crippen molar-refractivity contribution in [2.75, 3.05) is 13.1 Å². The molecule has 1 fully saturated rings. The van der Waals surface area contributed by atoms with Crippen LogP contribution in [0.2, 0.25) is 0 Å². The molecule has 0 spiro atoms. The Kier molecular flexibility index (Phi) is 5.60. The van der Waals surface area contributed by atoms with Gasteiger partial charge in [-0.3, -0.25) is 4.79 Å². The molecule has 1 atom stereocenters. The second kappa shape index (κ2) is 6.59. The first-order valence-electron chi connectivity index (χ1n) is 7.03. The van der Waals surface area contributed by atoms with Crippen LogP contribution in [0.5, 0.6) is 0 Å². The molecule has 0 saturated carbocycles. The summed E-state index contributed by atoms with van der Waals surface area (Å²) in [6, 6.07) is 8.10. The number of rotatable bonds is 1. The summed E-state index contributed by atoms with van der Waals surface area (Å²) in [6.07, 6.45) is 2.03. The van der Waals surface area contributed by atoms with Gasteiger partial charge in [-0.05, 0) is 36.0 Å². The van der Waals surface area contributed by atoms with Gasteiger partial charge in [0.15, 0.2) is 0 Å². The Morgan fingerprint density at radius 2 is 1.85 bits per heavy atom. The van der Waals surface area contributed by atoms with Gasteiger partial charge in [0.2, 0.25) is 0 Å². The van der Waals surface area contributed by atoms with Crippen LogP contribution in [-0.4, -0.2) is 29.9 Å². The van der Waals surface area contributed by atoms with Crippen molar-refractivity contribution in [3.05, 3.63) is 35.4 Å². The van der Waals surface area contributed by atoms with Crippen molar-refractivity contribution in [3.63, 3.8) is 0 Å². The van der Waals surface area contributed by atoms with Gasteiger partial charge in [0.05, 0.1) is 0 Å². The monoisotopic (exact) mass is 296 g/mol. The molecule has 20 heavy (non-hydrogen) atoms. The molecule has 1 heterocycles. The standard InChI is InChI=1S/C16H24N2O.ClH/c1-16(2,3)13-8-6-12(7-9-13)15(19)18-10-4-5-14(17)11-18;/h6-9,14H,4-5,10-11,17H2,1-3H3;1H/t14-;/m1./s1. The summed E-state index contributed by atoms with van der Waals surface area (Å²) in [5, 5.41) is 0. The quantitative estimate of drug-likeness (QED) is 0.866. The summed E-state index contributed by atoms with van der Waals surface area (Å²) < 4.78 is 0. The zero-order chi connectivity index (χ0) is 14.0. The van der Waals surface area contributed by atoms with Crippen molar-refractivity contribution in [1.82, 2.24) is 4.90 Å². The number of nitrogens with zero attached hydrogens (tertiary/aromatic N) is 1. The summed E-state index contributed by atoms with van der Waals surface area (Å²) in [5.41, 5.74) is 8.06. The maximum absolute atomic E-state index is 12.4. The zero-order valence-corrected chi connectivity index (χ0v) is 13.4. The van der Waals surface area contributed by atoms with Crippen LogP contribution in [0.3, 0.4) is 0 Å². The lowest BCUT2D eigenvalue weighted by Crippen LogP contribution is -2.45. The average Bonchev–Trinajstić information content (AvgIpc) is 2.37. The number of hydrogen-bond donors (Lipinski definition) is 1. The lowest BCUT2D eigenvalue weighted by molar-refractivity contribution is 0.0709. The summed E-state index contributed by atoms with van der Waals surface area (Å²) in [7, 11) is 0. The minimum absolute atomic E-state index is 0. The molecule has 1 aromatic rings. The molecule has 2 N–H and O–H groups in total. The zero-order valence-electron chi connectivity index (χ0n) is 12.6. The highest BCUT2D eigenvalue weighted by Gasteiger charge is 2.22. The van der Waals surface area contributed by atoms with Crippen molar-refractivity contribution >= 4 is 18.3 Å². The average molecular weight is 297 g/mol. The summed E-state index contributed by atoms with van der Waals surface area (Å²) in [6.45, 7) is 8.03. The Hall–Kier alpha value is -1.06. The largest absolute Gasteiger partial charge is 0.337 e. The number of halogens is 1. The van der Waals surface area contributed by atoms with Gasteiger partial charge >= 0.3 is 0 Å². The Bertz CT molecular complexity index is 451. The number of carbonyl (C=O) groups is 1. The van der Waals surface area contributed by atoms with Crippen LogP contribution in [-0.2, 0) is 5.41 Å². The molecule has 0 bridgehead atoms. The second-order valence-electron chi connectivity index (χ2n) is 6.48. The van der Waals surface area contributed by atoms with Crippen LogP contribution in [0.4, 0.5) is 0 Å². The predicted molar refractivity (Wildman–Crippen MR) is 85.5 cm³/mol. The number of benzene rings is 1. The first-order valence-corrected chi connectivity index (χ1v) is 7.03. The maximum Gasteiger partial charge on any atom is 0.253 e. The van der Waals surface area contributed by atoms with Crippen molar-refractivity contribution in [1.29, 1.82) is 0 Å². The molecule has 0 aromatic heterocycles. The topological polar surface area (TPSA) is 46.3 Å². The first kappa shape index (κ1) is 17.0. The Morgan fingerprint density at radius 3 is 2.35 bits per heavy atom. The van der Waals surface area contributed by atoms with Crippen LogP contribution >= 0.6 is 12.4 Å². The predicted octanol–water partition coefficient (Wildman–Crippen LogP) is 2.97. The minimum Gasteiger partial charge on any atom is -0.337 e. The third kappa shape index (κ3) is 3.97. The molecule has 0 radical (unpaired) electrons. The van der Waals surface area contributed by atoms with E-state index in [4.69, 9.17) is 5.73 Å². The van der Waals surface area contributed by atoms with E-state index in [1.165, 1.54) is 5.56 Å². The molecule has 0 unspecified atom stereocenters. The van der Waals surface area contributed by atoms with E-state index < -0.39 is 0 Å². The number of likely N-dealkylation sites (tertiary alicyclic amines) is 1. The van der Waals surface area contributed by atoms with Gasteiger partial charge < -0.3 is 10.6 Å². The molecule has 0 aliphatic carbocycles. The van der Waals surface area contributed by atoms with Crippen molar-refractivity contribution in [2.24, 2.45) is 5.73 Å². The van der Waals surface area contributed by atoms with E-state index in [-0.39, 0.29) is 29.8 Å². The molecule has 3 nitrogen and oxygen atoms in total. The molecule has 112 valence electrons. The van der Waals surface area contributed by atoms with Gasteiger partial charge in [-0.1, -0.05) is 32.9 Å². The Balaban J connectivity index is 0.00000200. The van der Waals surface area contributed by atoms with Gasteiger partial charge in [-0.2, -0.15) is 0 Å². The lowest BCUT2D eigenvalue weighted by Gasteiger charge is -2.31. The van der Waals surface area contributed by atoms with Crippen LogP contribution in [0.25, 0.3) is 0 Å². The van der Waals surface area contributed by atoms with Gasteiger partial charge in [0, 0.05) is 24.7 Å². The number of nitrogens with two attached hydrogens (primary N) is 1. The molecule has 2 rings (SSSR count). The fourth-order valence-corrected chi connectivity index (χ4v) is 2.49. The third-order valence-corrected chi connectivity index (χ3v) is 3.74. The van der Waals surface area contributed by atoms with Crippen LogP contribution in [0.15, 0.2) is 24.3 Å². The molecular weight excluding hydrogens is 272 g/mol. The number of amides is 1. The number of carbonyl (C=O) groups excluding carboxylic acids is 1. The number of piperidine rings is 1. The molecular formula is C16H25ClN2O. The first-order chi connectivity index (χ1) is 8.88. The van der Waals surface area contributed by atoms with E-state index in [1.807, 2.05) is 17.0 Å². The molecule has 4 heteroatoms. The van der Waals surface area contributed by atoms with E-state index >= 15 is 0 Å². The number of hydrogen-bond acceptors (Lipinski definition) is 2. The molecule has 1 saturated heterocycles. The van der Waals surface area contributed by atoms with Crippen LogP contribution < -0.4 is 5.73 Å². The molecule has 1 aromatic carbocycles.